The average Bonchev–Trinajstić information content (AvgIpc) is 2.36. The van der Waals surface area contributed by atoms with Crippen LogP contribution in [0.15, 0.2) is 24.3 Å². The van der Waals surface area contributed by atoms with Crippen molar-refractivity contribution < 1.29 is 14.3 Å². The molecule has 1 unspecified atom stereocenters. The fraction of sp³-hybridized carbons (Fsp3) is 0.429. The summed E-state index contributed by atoms with van der Waals surface area (Å²) >= 11 is 5.74. The number of Topliss-reactive ketones (excluding diaryl/α,β-unsaturated/α-hetero) is 1. The summed E-state index contributed by atoms with van der Waals surface area (Å²) in [6, 6.07) is 6.53. The lowest BCUT2D eigenvalue weighted by Gasteiger charge is -2.12. The maximum absolute atomic E-state index is 11.9. The van der Waals surface area contributed by atoms with Crippen LogP contribution < -0.4 is 0 Å². The molecule has 0 N–H and O–H groups in total. The number of hydrogen-bond acceptors (Lipinski definition) is 3. The third-order valence-electron chi connectivity index (χ3n) is 2.54. The van der Waals surface area contributed by atoms with Gasteiger partial charge in [0.25, 0.3) is 0 Å². The molecule has 4 heteroatoms. The van der Waals surface area contributed by atoms with Gasteiger partial charge in [-0.05, 0) is 37.6 Å². The Kier molecular flexibility index (Phi) is 5.86. The molecule has 0 saturated carbocycles. The first-order chi connectivity index (χ1) is 8.54. The van der Waals surface area contributed by atoms with Gasteiger partial charge in [-0.15, -0.1) is 0 Å². The summed E-state index contributed by atoms with van der Waals surface area (Å²) in [6.07, 6.45) is 1.31. The van der Waals surface area contributed by atoms with Crippen molar-refractivity contribution in [3.05, 3.63) is 34.9 Å². The van der Waals surface area contributed by atoms with Gasteiger partial charge < -0.3 is 4.74 Å². The molecule has 1 rings (SSSR count). The van der Waals surface area contributed by atoms with Crippen LogP contribution in [0.5, 0.6) is 0 Å². The summed E-state index contributed by atoms with van der Waals surface area (Å²) in [7, 11) is 0. The van der Waals surface area contributed by atoms with Crippen LogP contribution in [0.4, 0.5) is 0 Å². The van der Waals surface area contributed by atoms with E-state index >= 15 is 0 Å². The fourth-order valence-corrected chi connectivity index (χ4v) is 1.61. The number of ether oxygens (including phenoxy) is 1. The predicted molar refractivity (Wildman–Crippen MR) is 70.9 cm³/mol. The van der Waals surface area contributed by atoms with Crippen LogP contribution in [0, 0.1) is 0 Å². The highest BCUT2D eigenvalue weighted by atomic mass is 35.5. The topological polar surface area (TPSA) is 43.4 Å². The molecule has 0 bridgehead atoms. The van der Waals surface area contributed by atoms with Crippen molar-refractivity contribution in [1.82, 2.24) is 0 Å². The van der Waals surface area contributed by atoms with E-state index in [9.17, 15) is 9.59 Å². The van der Waals surface area contributed by atoms with E-state index in [0.29, 0.717) is 17.0 Å². The van der Waals surface area contributed by atoms with E-state index in [1.54, 1.807) is 31.2 Å². The lowest BCUT2D eigenvalue weighted by atomic mass is 10.1. The van der Waals surface area contributed by atoms with Crippen LogP contribution in [-0.4, -0.2) is 17.9 Å². The SMILES string of the molecule is CCCCC(=O)OC(C)C(=O)c1ccc(Cl)cc1. The first-order valence-electron chi connectivity index (χ1n) is 6.04. The first-order valence-corrected chi connectivity index (χ1v) is 6.41. The number of ketones is 1. The van der Waals surface area contributed by atoms with Crippen molar-refractivity contribution in [2.75, 3.05) is 0 Å². The summed E-state index contributed by atoms with van der Waals surface area (Å²) in [5.41, 5.74) is 0.496. The Hall–Kier alpha value is -1.35. The number of halogens is 1. The lowest BCUT2D eigenvalue weighted by molar-refractivity contribution is -0.146. The summed E-state index contributed by atoms with van der Waals surface area (Å²) < 4.78 is 5.08. The molecule has 0 fully saturated rings. The molecular formula is C14H17ClO3. The maximum Gasteiger partial charge on any atom is 0.306 e. The predicted octanol–water partition coefficient (Wildman–Crippen LogP) is 3.64. The van der Waals surface area contributed by atoms with Crippen LogP contribution in [0.1, 0.15) is 43.5 Å². The molecule has 98 valence electrons. The van der Waals surface area contributed by atoms with Gasteiger partial charge in [0.15, 0.2) is 6.10 Å². The Bertz CT molecular complexity index is 412. The monoisotopic (exact) mass is 268 g/mol. The molecule has 0 amide bonds. The summed E-state index contributed by atoms with van der Waals surface area (Å²) in [6.45, 7) is 3.58. The Morgan fingerprint density at radius 3 is 2.44 bits per heavy atom. The van der Waals surface area contributed by atoms with E-state index in [-0.39, 0.29) is 11.8 Å². The van der Waals surface area contributed by atoms with Gasteiger partial charge in [0.2, 0.25) is 5.78 Å². The molecule has 0 aliphatic heterocycles. The minimum atomic E-state index is -0.754. The van der Waals surface area contributed by atoms with Crippen LogP contribution in [0.25, 0.3) is 0 Å². The highest BCUT2D eigenvalue weighted by molar-refractivity contribution is 6.30. The second kappa shape index (κ2) is 7.17. The average molecular weight is 269 g/mol. The summed E-state index contributed by atoms with van der Waals surface area (Å²) in [5, 5.41) is 0.569. The molecule has 1 aromatic carbocycles. The third kappa shape index (κ3) is 4.49. The molecule has 1 aromatic rings. The molecule has 1 atom stereocenters. The van der Waals surface area contributed by atoms with Gasteiger partial charge >= 0.3 is 5.97 Å². The fourth-order valence-electron chi connectivity index (χ4n) is 1.48. The largest absolute Gasteiger partial charge is 0.454 e. The van der Waals surface area contributed by atoms with Gasteiger partial charge in [0.1, 0.15) is 0 Å². The van der Waals surface area contributed by atoms with E-state index in [4.69, 9.17) is 16.3 Å². The second-order valence-corrected chi connectivity index (χ2v) is 4.54. The number of hydrogen-bond donors (Lipinski definition) is 0. The Morgan fingerprint density at radius 2 is 1.89 bits per heavy atom. The van der Waals surface area contributed by atoms with Crippen LogP contribution in [0.2, 0.25) is 5.02 Å². The molecule has 0 heterocycles. The lowest BCUT2D eigenvalue weighted by Crippen LogP contribution is -2.24. The third-order valence-corrected chi connectivity index (χ3v) is 2.79. The zero-order valence-corrected chi connectivity index (χ0v) is 11.4. The van der Waals surface area contributed by atoms with Gasteiger partial charge in [0.05, 0.1) is 0 Å². The molecular weight excluding hydrogens is 252 g/mol. The zero-order valence-electron chi connectivity index (χ0n) is 10.6. The number of unbranched alkanes of at least 4 members (excludes halogenated alkanes) is 1. The van der Waals surface area contributed by atoms with E-state index in [1.807, 2.05) is 6.92 Å². The van der Waals surface area contributed by atoms with Crippen molar-refractivity contribution in [2.45, 2.75) is 39.2 Å². The molecule has 3 nitrogen and oxygen atoms in total. The first kappa shape index (κ1) is 14.7. The minimum Gasteiger partial charge on any atom is -0.454 e. The number of rotatable bonds is 6. The van der Waals surface area contributed by atoms with Crippen molar-refractivity contribution >= 4 is 23.4 Å². The maximum atomic E-state index is 11.9. The molecule has 0 radical (unpaired) electrons. The van der Waals surface area contributed by atoms with Gasteiger partial charge in [-0.25, -0.2) is 0 Å². The van der Waals surface area contributed by atoms with Crippen LogP contribution >= 0.6 is 11.6 Å². The number of carbonyl (C=O) groups excluding carboxylic acids is 2. The molecule has 18 heavy (non-hydrogen) atoms. The molecule has 0 saturated heterocycles. The molecule has 0 spiro atoms. The highest BCUT2D eigenvalue weighted by Gasteiger charge is 2.18. The van der Waals surface area contributed by atoms with Crippen LogP contribution in [-0.2, 0) is 9.53 Å². The van der Waals surface area contributed by atoms with Crippen molar-refractivity contribution in [1.29, 1.82) is 0 Å². The van der Waals surface area contributed by atoms with Crippen LogP contribution in [0.3, 0.4) is 0 Å². The van der Waals surface area contributed by atoms with Gasteiger partial charge in [-0.2, -0.15) is 0 Å². The number of carbonyl (C=O) groups is 2. The summed E-state index contributed by atoms with van der Waals surface area (Å²) in [5.74, 6) is -0.539. The highest BCUT2D eigenvalue weighted by Crippen LogP contribution is 2.12. The standard InChI is InChI=1S/C14H17ClO3/c1-3-4-5-13(16)18-10(2)14(17)11-6-8-12(15)9-7-11/h6-10H,3-5H2,1-2H3. The van der Waals surface area contributed by atoms with E-state index in [2.05, 4.69) is 0 Å². The van der Waals surface area contributed by atoms with E-state index in [1.165, 1.54) is 0 Å². The Balaban J connectivity index is 2.56. The quantitative estimate of drug-likeness (QED) is 0.584. The Morgan fingerprint density at radius 1 is 1.28 bits per heavy atom. The Labute approximate surface area is 112 Å². The van der Waals surface area contributed by atoms with E-state index in [0.717, 1.165) is 12.8 Å². The van der Waals surface area contributed by atoms with Gasteiger partial charge in [0, 0.05) is 17.0 Å². The van der Waals surface area contributed by atoms with Crippen molar-refractivity contribution in [3.63, 3.8) is 0 Å². The number of esters is 1. The van der Waals surface area contributed by atoms with Gasteiger partial charge in [-0.3, -0.25) is 9.59 Å². The van der Waals surface area contributed by atoms with E-state index < -0.39 is 6.10 Å². The van der Waals surface area contributed by atoms with Crippen molar-refractivity contribution in [2.24, 2.45) is 0 Å². The summed E-state index contributed by atoms with van der Waals surface area (Å²) in [4.78, 5) is 23.4. The molecule has 0 aliphatic rings. The minimum absolute atomic E-state index is 0.212. The smallest absolute Gasteiger partial charge is 0.306 e. The molecule has 0 aliphatic carbocycles. The molecule has 0 aromatic heterocycles. The number of benzene rings is 1. The zero-order chi connectivity index (χ0) is 13.5. The normalized spacial score (nSPS) is 11.9. The van der Waals surface area contributed by atoms with Crippen molar-refractivity contribution in [3.8, 4) is 0 Å². The van der Waals surface area contributed by atoms with Gasteiger partial charge in [-0.1, -0.05) is 24.9 Å². The second-order valence-electron chi connectivity index (χ2n) is 4.11.